The Hall–Kier alpha value is -3.11. The highest BCUT2D eigenvalue weighted by Gasteiger charge is 2.27. The maximum atomic E-state index is 4.95. The Balaban J connectivity index is 0.00000180. The Kier molecular flexibility index (Phi) is 5.95. The van der Waals surface area contributed by atoms with E-state index in [0.717, 1.165) is 65.3 Å². The molecule has 34 heavy (non-hydrogen) atoms. The molecule has 0 atom stereocenters. The second-order valence-corrected chi connectivity index (χ2v) is 10.7. The number of hydrogen-bond acceptors (Lipinski definition) is 8. The van der Waals surface area contributed by atoms with E-state index in [1.807, 2.05) is 43.1 Å². The summed E-state index contributed by atoms with van der Waals surface area (Å²) in [5.74, 6) is 2.41. The van der Waals surface area contributed by atoms with E-state index in [-0.39, 0.29) is 8.39 Å². The molecular weight excluding hydrogens is 446 g/mol. The first-order valence-electron chi connectivity index (χ1n) is 11.5. The highest BCUT2D eigenvalue weighted by molar-refractivity contribution is 7.99. The van der Waals surface area contributed by atoms with Crippen molar-refractivity contribution in [1.82, 2.24) is 34.6 Å². The summed E-state index contributed by atoms with van der Waals surface area (Å²) in [6.07, 6.45) is 1.83. The quantitative estimate of drug-likeness (QED) is 0.396. The molecule has 2 N–H and O–H groups in total. The predicted molar refractivity (Wildman–Crippen MR) is 141 cm³/mol. The average Bonchev–Trinajstić information content (AvgIpc) is 3.38. The molecule has 1 saturated heterocycles. The normalized spacial score (nSPS) is 15.3. The van der Waals surface area contributed by atoms with Gasteiger partial charge in [0.15, 0.2) is 11.0 Å². The number of anilines is 3. The van der Waals surface area contributed by atoms with E-state index in [9.17, 15) is 0 Å². The summed E-state index contributed by atoms with van der Waals surface area (Å²) in [5.41, 5.74) is 3.24. The van der Waals surface area contributed by atoms with Gasteiger partial charge in [0.2, 0.25) is 0 Å². The molecule has 4 heterocycles. The smallest absolute Gasteiger partial charge is 0.196 e. The molecule has 0 unspecified atom stereocenters. The molecule has 0 amide bonds. The van der Waals surface area contributed by atoms with Crippen molar-refractivity contribution in [2.75, 3.05) is 36.4 Å². The van der Waals surface area contributed by atoms with Gasteiger partial charge in [-0.15, -0.1) is 0 Å². The van der Waals surface area contributed by atoms with Gasteiger partial charge in [0.05, 0.1) is 17.4 Å². The zero-order chi connectivity index (χ0) is 23.9. The number of hydrogen-bond donors (Lipinski definition) is 2. The van der Waals surface area contributed by atoms with Crippen LogP contribution in [0.1, 0.15) is 29.3 Å². The van der Waals surface area contributed by atoms with E-state index in [1.54, 1.807) is 11.8 Å². The molecule has 0 saturated carbocycles. The fraction of sp³-hybridized carbons (Fsp3) is 0.417. The number of imidazole rings is 1. The second-order valence-electron chi connectivity index (χ2n) is 9.71. The Morgan fingerprint density at radius 3 is 2.53 bits per heavy atom. The number of nitrogens with one attached hydrogen (secondary N) is 2. The van der Waals surface area contributed by atoms with Gasteiger partial charge >= 0.3 is 0 Å². The summed E-state index contributed by atoms with van der Waals surface area (Å²) in [6.45, 7) is 12.7. The van der Waals surface area contributed by atoms with Crippen LogP contribution in [0.2, 0.25) is 0 Å². The molecule has 0 bridgehead atoms. The van der Waals surface area contributed by atoms with Crippen molar-refractivity contribution in [1.29, 1.82) is 0 Å². The molecule has 0 aliphatic carbocycles. The fourth-order valence-corrected chi connectivity index (χ4v) is 4.98. The van der Waals surface area contributed by atoms with E-state index in [0.29, 0.717) is 5.16 Å². The minimum atomic E-state index is 0. The number of aromatic nitrogens is 6. The number of rotatable bonds is 5. The van der Waals surface area contributed by atoms with Crippen molar-refractivity contribution in [3.05, 3.63) is 42.4 Å². The molecular formula is C24H35N9S. The Bertz CT molecular complexity index is 1310. The molecule has 4 aromatic rings. The molecule has 9 nitrogen and oxygen atoms in total. The van der Waals surface area contributed by atoms with E-state index < -0.39 is 0 Å². The Labute approximate surface area is 207 Å². The lowest BCUT2D eigenvalue weighted by Crippen LogP contribution is -2.53. The number of piperazine rings is 1. The van der Waals surface area contributed by atoms with Crippen molar-refractivity contribution in [2.45, 2.75) is 43.3 Å². The number of aryl methyl sites for hydroxylation is 2. The van der Waals surface area contributed by atoms with Gasteiger partial charge in [-0.25, -0.2) is 15.0 Å². The van der Waals surface area contributed by atoms with Crippen LogP contribution in [0.5, 0.6) is 0 Å². The standard InChI is InChI=1S/C24H31N9S.2H2/c1-16-12-21(30-29-16)26-20-14-22(32-8-10-33(11-9-32)24(2,3)4)28-23(27-20)34-17-6-7-18-19(13-17)31(5)15-25-18;;/h6-7,12-15H,8-11H2,1-5H3,(H2,26,27,28,29,30);2*1H. The number of nitrogens with zero attached hydrogens (tertiary/aromatic N) is 7. The first-order valence-corrected chi connectivity index (χ1v) is 12.3. The van der Waals surface area contributed by atoms with E-state index in [1.165, 1.54) is 0 Å². The molecule has 1 aliphatic heterocycles. The van der Waals surface area contributed by atoms with Crippen LogP contribution in [0, 0.1) is 6.92 Å². The zero-order valence-corrected chi connectivity index (χ0v) is 21.1. The predicted octanol–water partition coefficient (Wildman–Crippen LogP) is 4.70. The molecule has 3 aromatic heterocycles. The monoisotopic (exact) mass is 481 g/mol. The fourth-order valence-electron chi connectivity index (χ4n) is 4.18. The third kappa shape index (κ3) is 4.88. The van der Waals surface area contributed by atoms with Crippen molar-refractivity contribution in [3.63, 3.8) is 0 Å². The molecule has 1 aliphatic rings. The van der Waals surface area contributed by atoms with E-state index >= 15 is 0 Å². The molecule has 5 rings (SSSR count). The second kappa shape index (κ2) is 8.92. The van der Waals surface area contributed by atoms with Crippen LogP contribution >= 0.6 is 11.8 Å². The number of fused-ring (bicyclic) bond motifs is 1. The lowest BCUT2D eigenvalue weighted by molar-refractivity contribution is 0.128. The van der Waals surface area contributed by atoms with Crippen molar-refractivity contribution < 1.29 is 2.85 Å². The third-order valence-electron chi connectivity index (χ3n) is 6.11. The first-order chi connectivity index (χ1) is 16.2. The number of benzene rings is 1. The molecule has 1 fully saturated rings. The molecule has 1 aromatic carbocycles. The van der Waals surface area contributed by atoms with Crippen molar-refractivity contribution in [2.24, 2.45) is 7.05 Å². The summed E-state index contributed by atoms with van der Waals surface area (Å²) in [7, 11) is 2.01. The van der Waals surface area contributed by atoms with Crippen LogP contribution < -0.4 is 10.2 Å². The number of aromatic amines is 1. The van der Waals surface area contributed by atoms with Crippen LogP contribution in [0.15, 0.2) is 46.7 Å². The van der Waals surface area contributed by atoms with Gasteiger partial charge in [0, 0.05) is 64.3 Å². The minimum Gasteiger partial charge on any atom is -0.354 e. The Morgan fingerprint density at radius 2 is 1.82 bits per heavy atom. The highest BCUT2D eigenvalue weighted by atomic mass is 32.2. The molecule has 0 spiro atoms. The topological polar surface area (TPSA) is 90.8 Å². The van der Waals surface area contributed by atoms with Crippen LogP contribution in [0.4, 0.5) is 17.5 Å². The first kappa shape index (κ1) is 22.7. The van der Waals surface area contributed by atoms with Gasteiger partial charge in [-0.2, -0.15) is 5.10 Å². The lowest BCUT2D eigenvalue weighted by Gasteiger charge is -2.42. The van der Waals surface area contributed by atoms with Crippen LogP contribution in [-0.4, -0.2) is 66.3 Å². The van der Waals surface area contributed by atoms with Gasteiger partial charge in [0.25, 0.3) is 0 Å². The molecule has 182 valence electrons. The third-order valence-corrected chi connectivity index (χ3v) is 6.97. The average molecular weight is 482 g/mol. The van der Waals surface area contributed by atoms with Gasteiger partial charge in [-0.3, -0.25) is 10.00 Å². The van der Waals surface area contributed by atoms with Gasteiger partial charge < -0.3 is 14.8 Å². The summed E-state index contributed by atoms with van der Waals surface area (Å²) in [6, 6.07) is 10.2. The molecule has 10 heteroatoms. The van der Waals surface area contributed by atoms with Crippen LogP contribution in [-0.2, 0) is 7.05 Å². The van der Waals surface area contributed by atoms with E-state index in [4.69, 9.17) is 9.97 Å². The summed E-state index contributed by atoms with van der Waals surface area (Å²) >= 11 is 1.56. The maximum Gasteiger partial charge on any atom is 0.196 e. The maximum absolute atomic E-state index is 4.95. The van der Waals surface area contributed by atoms with Crippen molar-refractivity contribution >= 4 is 40.2 Å². The highest BCUT2D eigenvalue weighted by Crippen LogP contribution is 2.31. The van der Waals surface area contributed by atoms with Crippen molar-refractivity contribution in [3.8, 4) is 0 Å². The van der Waals surface area contributed by atoms with Crippen LogP contribution in [0.3, 0.4) is 0 Å². The summed E-state index contributed by atoms with van der Waals surface area (Å²) < 4.78 is 2.03. The van der Waals surface area contributed by atoms with E-state index in [2.05, 4.69) is 63.2 Å². The van der Waals surface area contributed by atoms with Gasteiger partial charge in [-0.05, 0) is 57.7 Å². The van der Waals surface area contributed by atoms with Gasteiger partial charge in [-0.1, -0.05) is 0 Å². The van der Waals surface area contributed by atoms with Gasteiger partial charge in [0.1, 0.15) is 11.6 Å². The SMILES string of the molecule is Cc1cc(Nc2cc(N3CCN(C(C)(C)C)CC3)nc(Sc3ccc4ncn(C)c4c3)n2)n[nH]1.[HH].[HH]. The Morgan fingerprint density at radius 1 is 1.03 bits per heavy atom. The number of H-pyrrole nitrogens is 1. The largest absolute Gasteiger partial charge is 0.354 e. The minimum absolute atomic E-state index is 0. The van der Waals surface area contributed by atoms with Crippen LogP contribution in [0.25, 0.3) is 11.0 Å². The zero-order valence-electron chi connectivity index (χ0n) is 20.3. The summed E-state index contributed by atoms with van der Waals surface area (Å²) in [4.78, 5) is 20.1. The molecule has 0 radical (unpaired) electrons. The summed E-state index contributed by atoms with van der Waals surface area (Å²) in [5, 5.41) is 11.3. The lowest BCUT2D eigenvalue weighted by atomic mass is 10.1.